The Balaban J connectivity index is 0.00000108. The first kappa shape index (κ1) is 12.4. The van der Waals surface area contributed by atoms with Crippen LogP contribution >= 0.6 is 12.4 Å². The summed E-state index contributed by atoms with van der Waals surface area (Å²) in [4.78, 5) is 2.47. The van der Waals surface area contributed by atoms with Gasteiger partial charge < -0.3 is 9.73 Å². The van der Waals surface area contributed by atoms with Crippen molar-refractivity contribution >= 4 is 23.4 Å². The summed E-state index contributed by atoms with van der Waals surface area (Å²) in [5.41, 5.74) is 2.30. The van der Waals surface area contributed by atoms with E-state index in [0.29, 0.717) is 0 Å². The second-order valence-corrected chi connectivity index (χ2v) is 4.28. The monoisotopic (exact) mass is 252 g/mol. The highest BCUT2D eigenvalue weighted by molar-refractivity contribution is 5.85. The summed E-state index contributed by atoms with van der Waals surface area (Å²) in [6, 6.07) is 8.24. The molecule has 1 fully saturated rings. The van der Waals surface area contributed by atoms with Crippen molar-refractivity contribution in [3.05, 3.63) is 36.1 Å². The molecule has 0 bridgehead atoms. The van der Waals surface area contributed by atoms with E-state index in [1.54, 1.807) is 0 Å². The Kier molecular flexibility index (Phi) is 4.05. The number of nitrogens with one attached hydrogen (secondary N) is 1. The van der Waals surface area contributed by atoms with E-state index in [-0.39, 0.29) is 12.4 Å². The van der Waals surface area contributed by atoms with Crippen molar-refractivity contribution in [1.82, 2.24) is 10.2 Å². The van der Waals surface area contributed by atoms with Crippen LogP contribution in [0.1, 0.15) is 5.56 Å². The SMILES string of the molecule is Cl.c1ccc2c(CN3CCNCC3)coc2c1. The van der Waals surface area contributed by atoms with E-state index in [2.05, 4.69) is 22.3 Å². The van der Waals surface area contributed by atoms with Gasteiger partial charge in [0.15, 0.2) is 0 Å². The van der Waals surface area contributed by atoms with Gasteiger partial charge in [0, 0.05) is 43.7 Å². The van der Waals surface area contributed by atoms with Crippen LogP contribution in [0.4, 0.5) is 0 Å². The van der Waals surface area contributed by atoms with Crippen molar-refractivity contribution in [1.29, 1.82) is 0 Å². The third kappa shape index (κ3) is 2.63. The minimum atomic E-state index is 0. The lowest BCUT2D eigenvalue weighted by atomic mass is 10.1. The third-order valence-corrected chi connectivity index (χ3v) is 3.16. The number of fused-ring (bicyclic) bond motifs is 1. The van der Waals surface area contributed by atoms with Gasteiger partial charge in [0.25, 0.3) is 0 Å². The maximum absolute atomic E-state index is 5.55. The minimum Gasteiger partial charge on any atom is -0.464 e. The van der Waals surface area contributed by atoms with E-state index >= 15 is 0 Å². The van der Waals surface area contributed by atoms with Crippen LogP contribution in [-0.2, 0) is 6.54 Å². The summed E-state index contributed by atoms with van der Waals surface area (Å²) in [6.45, 7) is 5.43. The third-order valence-electron chi connectivity index (χ3n) is 3.16. The highest BCUT2D eigenvalue weighted by Crippen LogP contribution is 2.21. The highest BCUT2D eigenvalue weighted by atomic mass is 35.5. The number of furan rings is 1. The van der Waals surface area contributed by atoms with E-state index < -0.39 is 0 Å². The molecule has 0 atom stereocenters. The molecule has 0 unspecified atom stereocenters. The Labute approximate surface area is 107 Å². The maximum Gasteiger partial charge on any atom is 0.134 e. The Morgan fingerprint density at radius 1 is 1.18 bits per heavy atom. The normalized spacial score (nSPS) is 16.9. The molecule has 1 saturated heterocycles. The molecule has 1 aromatic heterocycles. The van der Waals surface area contributed by atoms with Crippen molar-refractivity contribution < 1.29 is 4.42 Å². The average molecular weight is 253 g/mol. The lowest BCUT2D eigenvalue weighted by Crippen LogP contribution is -2.42. The number of piperazine rings is 1. The number of para-hydroxylation sites is 1. The standard InChI is InChI=1S/C13H16N2O.ClH/c1-2-4-13-12(3-1)11(10-16-13)9-15-7-5-14-6-8-15;/h1-4,10,14H,5-9H2;1H. The molecule has 1 N–H and O–H groups in total. The van der Waals surface area contributed by atoms with Gasteiger partial charge in [-0.2, -0.15) is 0 Å². The zero-order valence-electron chi connectivity index (χ0n) is 9.69. The molecule has 0 amide bonds. The molecular weight excluding hydrogens is 236 g/mol. The molecule has 1 aliphatic rings. The zero-order valence-corrected chi connectivity index (χ0v) is 10.5. The van der Waals surface area contributed by atoms with Crippen molar-refractivity contribution in [2.45, 2.75) is 6.54 Å². The quantitative estimate of drug-likeness (QED) is 0.889. The van der Waals surface area contributed by atoms with Crippen LogP contribution in [0.25, 0.3) is 11.0 Å². The molecule has 1 aromatic carbocycles. The smallest absolute Gasteiger partial charge is 0.134 e. The number of rotatable bonds is 2. The number of hydrogen-bond donors (Lipinski definition) is 1. The summed E-state index contributed by atoms with van der Waals surface area (Å²) in [6.07, 6.45) is 1.90. The number of nitrogens with zero attached hydrogens (tertiary/aromatic N) is 1. The predicted octanol–water partition coefficient (Wildman–Crippen LogP) is 2.26. The molecule has 3 nitrogen and oxygen atoms in total. The summed E-state index contributed by atoms with van der Waals surface area (Å²) in [5, 5.41) is 4.62. The molecule has 0 radical (unpaired) electrons. The second kappa shape index (κ2) is 5.54. The van der Waals surface area contributed by atoms with Crippen LogP contribution < -0.4 is 5.32 Å². The van der Waals surface area contributed by atoms with Crippen LogP contribution in [-0.4, -0.2) is 31.1 Å². The average Bonchev–Trinajstić information content (AvgIpc) is 2.74. The molecular formula is C13H17ClN2O. The maximum atomic E-state index is 5.55. The Hall–Kier alpha value is -1.03. The van der Waals surface area contributed by atoms with E-state index in [4.69, 9.17) is 4.42 Å². The number of benzene rings is 1. The van der Waals surface area contributed by atoms with Gasteiger partial charge in [-0.3, -0.25) is 4.90 Å². The molecule has 92 valence electrons. The highest BCUT2D eigenvalue weighted by Gasteiger charge is 2.12. The van der Waals surface area contributed by atoms with Gasteiger partial charge in [0.2, 0.25) is 0 Å². The fourth-order valence-corrected chi connectivity index (χ4v) is 2.27. The summed E-state index contributed by atoms with van der Waals surface area (Å²) < 4.78 is 5.55. The Morgan fingerprint density at radius 3 is 2.76 bits per heavy atom. The van der Waals surface area contributed by atoms with Crippen LogP contribution in [0, 0.1) is 0 Å². The van der Waals surface area contributed by atoms with Gasteiger partial charge in [-0.15, -0.1) is 12.4 Å². The molecule has 0 spiro atoms. The fraction of sp³-hybridized carbons (Fsp3) is 0.385. The molecule has 17 heavy (non-hydrogen) atoms. The Morgan fingerprint density at radius 2 is 1.94 bits per heavy atom. The number of hydrogen-bond acceptors (Lipinski definition) is 3. The van der Waals surface area contributed by atoms with Gasteiger partial charge in [0.1, 0.15) is 5.58 Å². The van der Waals surface area contributed by atoms with Gasteiger partial charge in [0.05, 0.1) is 6.26 Å². The Bertz CT molecular complexity index is 477. The molecule has 2 heterocycles. The molecule has 0 saturated carbocycles. The van der Waals surface area contributed by atoms with Crippen LogP contribution in [0.15, 0.2) is 34.9 Å². The summed E-state index contributed by atoms with van der Waals surface area (Å²) in [7, 11) is 0. The van der Waals surface area contributed by atoms with Gasteiger partial charge in [-0.1, -0.05) is 18.2 Å². The number of halogens is 1. The lowest BCUT2D eigenvalue weighted by molar-refractivity contribution is 0.233. The van der Waals surface area contributed by atoms with Crippen LogP contribution in [0.3, 0.4) is 0 Å². The molecule has 2 aromatic rings. The molecule has 0 aliphatic carbocycles. The zero-order chi connectivity index (χ0) is 10.8. The van der Waals surface area contributed by atoms with E-state index in [1.165, 1.54) is 10.9 Å². The van der Waals surface area contributed by atoms with Crippen molar-refractivity contribution in [3.63, 3.8) is 0 Å². The molecule has 3 rings (SSSR count). The van der Waals surface area contributed by atoms with Crippen LogP contribution in [0.5, 0.6) is 0 Å². The lowest BCUT2D eigenvalue weighted by Gasteiger charge is -2.26. The van der Waals surface area contributed by atoms with Gasteiger partial charge in [-0.05, 0) is 6.07 Å². The van der Waals surface area contributed by atoms with Gasteiger partial charge in [-0.25, -0.2) is 0 Å². The topological polar surface area (TPSA) is 28.4 Å². The largest absolute Gasteiger partial charge is 0.464 e. The molecule has 4 heteroatoms. The fourth-order valence-electron chi connectivity index (χ4n) is 2.27. The predicted molar refractivity (Wildman–Crippen MR) is 71.6 cm³/mol. The van der Waals surface area contributed by atoms with E-state index in [9.17, 15) is 0 Å². The van der Waals surface area contributed by atoms with Crippen molar-refractivity contribution in [3.8, 4) is 0 Å². The summed E-state index contributed by atoms with van der Waals surface area (Å²) >= 11 is 0. The van der Waals surface area contributed by atoms with Crippen molar-refractivity contribution in [2.75, 3.05) is 26.2 Å². The van der Waals surface area contributed by atoms with Crippen molar-refractivity contribution in [2.24, 2.45) is 0 Å². The second-order valence-electron chi connectivity index (χ2n) is 4.28. The van der Waals surface area contributed by atoms with E-state index in [0.717, 1.165) is 38.3 Å². The first-order valence-electron chi connectivity index (χ1n) is 5.82. The molecule has 1 aliphatic heterocycles. The van der Waals surface area contributed by atoms with Crippen LogP contribution in [0.2, 0.25) is 0 Å². The van der Waals surface area contributed by atoms with E-state index in [1.807, 2.05) is 18.4 Å². The minimum absolute atomic E-state index is 0. The first-order valence-corrected chi connectivity index (χ1v) is 5.82. The van der Waals surface area contributed by atoms with Gasteiger partial charge >= 0.3 is 0 Å². The summed E-state index contributed by atoms with van der Waals surface area (Å²) in [5.74, 6) is 0. The first-order chi connectivity index (χ1) is 7.93.